The van der Waals surface area contributed by atoms with Crippen LogP contribution in [0.2, 0.25) is 0 Å². The van der Waals surface area contributed by atoms with Gasteiger partial charge in [0.15, 0.2) is 0 Å². The number of nitrogens with zero attached hydrogens (tertiary/aromatic N) is 2. The Morgan fingerprint density at radius 2 is 1.87 bits per heavy atom. The Hall–Kier alpha value is -3.34. The molecule has 0 amide bonds. The van der Waals surface area contributed by atoms with Crippen molar-refractivity contribution in [3.63, 3.8) is 0 Å². The third-order valence-corrected chi connectivity index (χ3v) is 5.25. The number of allylic oxidation sites excluding steroid dienone is 1. The van der Waals surface area contributed by atoms with Crippen molar-refractivity contribution in [1.82, 2.24) is 9.13 Å². The van der Waals surface area contributed by atoms with Crippen molar-refractivity contribution in [2.75, 3.05) is 0 Å². The van der Waals surface area contributed by atoms with Gasteiger partial charge in [-0.3, -0.25) is 9.13 Å². The van der Waals surface area contributed by atoms with Crippen molar-refractivity contribution in [2.45, 2.75) is 45.7 Å². The molecule has 2 aromatic carbocycles. The number of carboxylic acids is 1. The van der Waals surface area contributed by atoms with Crippen LogP contribution in [0.3, 0.4) is 0 Å². The van der Waals surface area contributed by atoms with E-state index in [-0.39, 0.29) is 11.3 Å². The van der Waals surface area contributed by atoms with Crippen LogP contribution in [0.25, 0.3) is 11.1 Å². The number of benzene rings is 2. The molecule has 1 heterocycles. The lowest BCUT2D eigenvalue weighted by molar-refractivity contribution is 0.0697. The average molecular weight is 405 g/mol. The summed E-state index contributed by atoms with van der Waals surface area (Å²) in [5, 5.41) is 9.42. The van der Waals surface area contributed by atoms with Gasteiger partial charge in [-0.15, -0.1) is 6.58 Å². The maximum atomic E-state index is 12.9. The van der Waals surface area contributed by atoms with Crippen LogP contribution in [-0.2, 0) is 19.5 Å². The third kappa shape index (κ3) is 4.79. The number of hydrogen-bond acceptors (Lipinski definition) is 2. The first-order valence-corrected chi connectivity index (χ1v) is 10.4. The number of rotatable bonds is 10. The number of unbranched alkanes of at least 4 members (excludes halogenated alkanes) is 1. The van der Waals surface area contributed by atoms with Gasteiger partial charge in [0.25, 0.3) is 0 Å². The number of carbonyl (C=O) groups is 1. The first kappa shape index (κ1) is 21.4. The Balaban J connectivity index is 1.88. The van der Waals surface area contributed by atoms with E-state index in [1.807, 2.05) is 53.2 Å². The van der Waals surface area contributed by atoms with Gasteiger partial charge in [0.2, 0.25) is 0 Å². The number of aromatic carboxylic acids is 1. The Kier molecular flexibility index (Phi) is 7.07. The number of imidazole rings is 1. The second-order valence-electron chi connectivity index (χ2n) is 7.41. The Morgan fingerprint density at radius 3 is 2.53 bits per heavy atom. The van der Waals surface area contributed by atoms with Crippen LogP contribution in [0.15, 0.2) is 72.2 Å². The molecule has 5 heteroatoms. The van der Waals surface area contributed by atoms with Gasteiger partial charge in [-0.1, -0.05) is 61.9 Å². The lowest BCUT2D eigenvalue weighted by Gasteiger charge is -2.09. The fourth-order valence-electron chi connectivity index (χ4n) is 3.58. The average Bonchev–Trinajstić information content (AvgIpc) is 3.05. The summed E-state index contributed by atoms with van der Waals surface area (Å²) in [4.78, 5) is 24.4. The largest absolute Gasteiger partial charge is 0.478 e. The topological polar surface area (TPSA) is 64.2 Å². The van der Waals surface area contributed by atoms with Crippen molar-refractivity contribution in [3.05, 3.63) is 94.7 Å². The molecule has 0 spiro atoms. The summed E-state index contributed by atoms with van der Waals surface area (Å²) < 4.78 is 3.64. The van der Waals surface area contributed by atoms with Crippen LogP contribution in [0.4, 0.5) is 0 Å². The molecule has 3 rings (SSSR count). The van der Waals surface area contributed by atoms with E-state index in [9.17, 15) is 14.7 Å². The SMILES string of the molecule is C=CCCc1cn(CCCC)c(=O)n1Cc1ccc(-c2ccccc2C(=O)O)cc1. The van der Waals surface area contributed by atoms with Crippen molar-refractivity contribution < 1.29 is 9.90 Å². The zero-order valence-electron chi connectivity index (χ0n) is 17.4. The van der Waals surface area contributed by atoms with Gasteiger partial charge in [0, 0.05) is 18.4 Å². The molecule has 1 N–H and O–H groups in total. The maximum absolute atomic E-state index is 12.9. The normalized spacial score (nSPS) is 10.8. The molecule has 1 aromatic heterocycles. The smallest absolute Gasteiger partial charge is 0.336 e. The molecule has 30 heavy (non-hydrogen) atoms. The van der Waals surface area contributed by atoms with E-state index in [1.165, 1.54) is 0 Å². The van der Waals surface area contributed by atoms with Gasteiger partial charge in [-0.2, -0.15) is 0 Å². The minimum atomic E-state index is -0.943. The van der Waals surface area contributed by atoms with Gasteiger partial charge in [0.05, 0.1) is 12.1 Å². The number of carboxylic acid groups (broad SMARTS) is 1. The summed E-state index contributed by atoms with van der Waals surface area (Å²) >= 11 is 0. The lowest BCUT2D eigenvalue weighted by atomic mass is 9.99. The summed E-state index contributed by atoms with van der Waals surface area (Å²) in [7, 11) is 0. The quantitative estimate of drug-likeness (QED) is 0.485. The molecule has 0 saturated heterocycles. The molecule has 0 atom stereocenters. The lowest BCUT2D eigenvalue weighted by Crippen LogP contribution is -2.25. The molecule has 0 bridgehead atoms. The molecular weight excluding hydrogens is 376 g/mol. The number of aromatic nitrogens is 2. The Bertz CT molecular complexity index is 1070. The summed E-state index contributed by atoms with van der Waals surface area (Å²) in [5.41, 5.74) is 3.84. The minimum Gasteiger partial charge on any atom is -0.478 e. The van der Waals surface area contributed by atoms with Crippen LogP contribution in [-0.4, -0.2) is 20.2 Å². The molecule has 0 saturated carbocycles. The molecule has 156 valence electrons. The van der Waals surface area contributed by atoms with Gasteiger partial charge in [0.1, 0.15) is 0 Å². The van der Waals surface area contributed by atoms with Crippen LogP contribution < -0.4 is 5.69 Å². The minimum absolute atomic E-state index is 0.0165. The molecule has 0 aliphatic heterocycles. The van der Waals surface area contributed by atoms with Crippen molar-refractivity contribution in [1.29, 1.82) is 0 Å². The Labute approximate surface area is 176 Å². The summed E-state index contributed by atoms with van der Waals surface area (Å²) in [6.45, 7) is 7.13. The molecule has 0 fully saturated rings. The summed E-state index contributed by atoms with van der Waals surface area (Å²) in [6, 6.07) is 14.7. The van der Waals surface area contributed by atoms with E-state index in [0.717, 1.165) is 49.0 Å². The van der Waals surface area contributed by atoms with Gasteiger partial charge < -0.3 is 5.11 Å². The summed E-state index contributed by atoms with van der Waals surface area (Å²) in [5.74, 6) is -0.943. The zero-order chi connectivity index (χ0) is 21.5. The highest BCUT2D eigenvalue weighted by Crippen LogP contribution is 2.24. The van der Waals surface area contributed by atoms with Crippen LogP contribution in [0, 0.1) is 0 Å². The molecule has 0 unspecified atom stereocenters. The number of hydrogen-bond donors (Lipinski definition) is 1. The highest BCUT2D eigenvalue weighted by molar-refractivity contribution is 5.95. The molecule has 0 radical (unpaired) electrons. The highest BCUT2D eigenvalue weighted by atomic mass is 16.4. The molecular formula is C25H28N2O3. The first-order chi connectivity index (χ1) is 14.5. The highest BCUT2D eigenvalue weighted by Gasteiger charge is 2.13. The van der Waals surface area contributed by atoms with E-state index >= 15 is 0 Å². The van der Waals surface area contributed by atoms with Crippen molar-refractivity contribution in [3.8, 4) is 11.1 Å². The van der Waals surface area contributed by atoms with Crippen molar-refractivity contribution in [2.24, 2.45) is 0 Å². The third-order valence-electron chi connectivity index (χ3n) is 5.25. The van der Waals surface area contributed by atoms with Crippen molar-refractivity contribution >= 4 is 5.97 Å². The maximum Gasteiger partial charge on any atom is 0.336 e. The monoisotopic (exact) mass is 404 g/mol. The van der Waals surface area contributed by atoms with Crippen LogP contribution >= 0.6 is 0 Å². The van der Waals surface area contributed by atoms with Gasteiger partial charge >= 0.3 is 11.7 Å². The fourth-order valence-corrected chi connectivity index (χ4v) is 3.58. The predicted molar refractivity (Wildman–Crippen MR) is 120 cm³/mol. The second kappa shape index (κ2) is 9.92. The number of aryl methyl sites for hydroxylation is 2. The molecule has 5 nitrogen and oxygen atoms in total. The van der Waals surface area contributed by atoms with E-state index in [1.54, 1.807) is 16.7 Å². The van der Waals surface area contributed by atoms with Crippen LogP contribution in [0.1, 0.15) is 47.8 Å². The first-order valence-electron chi connectivity index (χ1n) is 10.4. The van der Waals surface area contributed by atoms with E-state index in [0.29, 0.717) is 12.1 Å². The van der Waals surface area contributed by atoms with Gasteiger partial charge in [-0.05, 0) is 42.0 Å². The fraction of sp³-hybridized carbons (Fsp3) is 0.280. The molecule has 3 aromatic rings. The van der Waals surface area contributed by atoms with E-state index in [4.69, 9.17) is 0 Å². The van der Waals surface area contributed by atoms with E-state index in [2.05, 4.69) is 13.5 Å². The Morgan fingerprint density at radius 1 is 1.13 bits per heavy atom. The zero-order valence-corrected chi connectivity index (χ0v) is 17.4. The van der Waals surface area contributed by atoms with Gasteiger partial charge in [-0.25, -0.2) is 9.59 Å². The second-order valence-corrected chi connectivity index (χ2v) is 7.41. The van der Waals surface area contributed by atoms with E-state index < -0.39 is 5.97 Å². The molecule has 0 aliphatic carbocycles. The standard InChI is InChI=1S/C25H28N2O3/c1-3-5-9-21-18-26(16-6-4-2)25(30)27(21)17-19-12-14-20(15-13-19)22-10-7-8-11-23(22)24(28)29/h3,7-8,10-15,18H,1,4-6,9,16-17H2,2H3,(H,28,29). The van der Waals surface area contributed by atoms with Crippen LogP contribution in [0.5, 0.6) is 0 Å². The summed E-state index contributed by atoms with van der Waals surface area (Å²) in [6.07, 6.45) is 7.46. The molecule has 0 aliphatic rings. The predicted octanol–water partition coefficient (Wildman–Crippen LogP) is 4.98.